The van der Waals surface area contributed by atoms with Crippen LogP contribution in [0.4, 0.5) is 14.5 Å². The third kappa shape index (κ3) is 2.81. The monoisotopic (exact) mass is 271 g/mol. The summed E-state index contributed by atoms with van der Waals surface area (Å²) in [6.07, 6.45) is -0.145. The van der Waals surface area contributed by atoms with Gasteiger partial charge in [-0.05, 0) is 24.5 Å². The average molecular weight is 271 g/mol. The predicted octanol–water partition coefficient (Wildman–Crippen LogP) is 1.51. The number of carbonyl (C=O) groups excluding carboxylic acids is 1. The summed E-state index contributed by atoms with van der Waals surface area (Å²) < 4.78 is 29.8. The summed E-state index contributed by atoms with van der Waals surface area (Å²) in [6.45, 7) is 0. The molecule has 0 saturated carbocycles. The number of hydrogen-bond donors (Lipinski definition) is 2. The van der Waals surface area contributed by atoms with Crippen LogP contribution in [0.15, 0.2) is 12.3 Å². The van der Waals surface area contributed by atoms with E-state index in [0.29, 0.717) is 24.1 Å². The van der Waals surface area contributed by atoms with Crippen molar-refractivity contribution in [3.8, 4) is 0 Å². The number of ether oxygens (including phenoxy) is 1. The summed E-state index contributed by atoms with van der Waals surface area (Å²) in [5.41, 5.74) is 6.89. The van der Waals surface area contributed by atoms with Crippen molar-refractivity contribution in [1.29, 1.82) is 0 Å². The maximum atomic E-state index is 12.6. The Morgan fingerprint density at radius 1 is 1.58 bits per heavy atom. The number of esters is 1. The number of rotatable bonds is 3. The summed E-state index contributed by atoms with van der Waals surface area (Å²) in [4.78, 5) is 15.3. The third-order valence-electron chi connectivity index (χ3n) is 3.22. The van der Waals surface area contributed by atoms with Crippen molar-refractivity contribution in [2.45, 2.75) is 31.4 Å². The van der Waals surface area contributed by atoms with Gasteiger partial charge in [0.05, 0.1) is 25.0 Å². The molecule has 0 spiro atoms. The molecule has 0 aliphatic carbocycles. The highest BCUT2D eigenvalue weighted by atomic mass is 19.3. The summed E-state index contributed by atoms with van der Waals surface area (Å²) in [6, 6.07) is 0.372. The molecule has 0 aromatic carbocycles. The van der Waals surface area contributed by atoms with E-state index in [1.165, 1.54) is 19.4 Å². The van der Waals surface area contributed by atoms with Gasteiger partial charge in [0.15, 0.2) is 0 Å². The van der Waals surface area contributed by atoms with Gasteiger partial charge in [-0.15, -0.1) is 0 Å². The second-order valence-electron chi connectivity index (χ2n) is 4.43. The number of pyridine rings is 1. The van der Waals surface area contributed by atoms with Crippen molar-refractivity contribution in [2.24, 2.45) is 0 Å². The second kappa shape index (κ2) is 5.48. The lowest BCUT2D eigenvalue weighted by Gasteiger charge is -2.16. The van der Waals surface area contributed by atoms with E-state index < -0.39 is 18.4 Å². The number of anilines is 1. The molecule has 19 heavy (non-hydrogen) atoms. The fourth-order valence-electron chi connectivity index (χ4n) is 2.21. The van der Waals surface area contributed by atoms with Gasteiger partial charge in [-0.3, -0.25) is 0 Å². The summed E-state index contributed by atoms with van der Waals surface area (Å²) in [7, 11) is 1.25. The zero-order valence-corrected chi connectivity index (χ0v) is 10.4. The summed E-state index contributed by atoms with van der Waals surface area (Å²) in [5, 5.41) is 2.82. The molecule has 104 valence electrons. The highest BCUT2D eigenvalue weighted by molar-refractivity contribution is 5.87. The van der Waals surface area contributed by atoms with Crippen molar-refractivity contribution < 1.29 is 18.3 Å². The molecule has 2 atom stereocenters. The number of methoxy groups -OCH3 is 1. The minimum Gasteiger partial charge on any atom is -0.464 e. The smallest absolute Gasteiger partial charge is 0.356 e. The predicted molar refractivity (Wildman–Crippen MR) is 64.9 cm³/mol. The number of hydrogen-bond acceptors (Lipinski definition) is 5. The fourth-order valence-corrected chi connectivity index (χ4v) is 2.21. The number of alkyl halides is 2. The number of carbonyl (C=O) groups is 1. The number of halogens is 2. The van der Waals surface area contributed by atoms with Crippen molar-refractivity contribution in [3.63, 3.8) is 0 Å². The molecule has 2 rings (SSSR count). The van der Waals surface area contributed by atoms with Crippen molar-refractivity contribution in [1.82, 2.24) is 10.3 Å². The molecule has 0 unspecified atom stereocenters. The average Bonchev–Trinajstić information content (AvgIpc) is 2.88. The van der Waals surface area contributed by atoms with Crippen molar-refractivity contribution in [2.75, 3.05) is 12.8 Å². The maximum Gasteiger partial charge on any atom is 0.356 e. The number of nitrogen functional groups attached to an aromatic ring is 1. The van der Waals surface area contributed by atoms with E-state index in [1.807, 2.05) is 0 Å². The van der Waals surface area contributed by atoms with Crippen LogP contribution >= 0.6 is 0 Å². The standard InChI is InChI=1S/C12H15F2N3O2/c1-19-12(18)10-4-6(7(15)5-16-10)8-2-3-9(17-8)11(13)14/h4-5,8-9,11,17H,2-3,15H2,1H3/t8-,9+/m1/s1. The van der Waals surface area contributed by atoms with Crippen LogP contribution < -0.4 is 11.1 Å². The number of nitrogens with one attached hydrogen (secondary N) is 1. The van der Waals surface area contributed by atoms with Crippen LogP contribution in [0.1, 0.15) is 34.9 Å². The second-order valence-corrected chi connectivity index (χ2v) is 4.43. The maximum absolute atomic E-state index is 12.6. The number of nitrogens with zero attached hydrogens (tertiary/aromatic N) is 1. The van der Waals surface area contributed by atoms with Gasteiger partial charge >= 0.3 is 5.97 Å². The molecule has 3 N–H and O–H groups in total. The molecule has 1 aromatic heterocycles. The molecule has 1 aromatic rings. The van der Waals surface area contributed by atoms with Gasteiger partial charge in [0.25, 0.3) is 6.43 Å². The van der Waals surface area contributed by atoms with E-state index in [0.717, 1.165) is 0 Å². The van der Waals surface area contributed by atoms with Gasteiger partial charge in [0.2, 0.25) is 0 Å². The number of aromatic nitrogens is 1. The van der Waals surface area contributed by atoms with Gasteiger partial charge in [-0.25, -0.2) is 18.6 Å². The Morgan fingerprint density at radius 3 is 2.89 bits per heavy atom. The molecule has 5 nitrogen and oxygen atoms in total. The summed E-state index contributed by atoms with van der Waals surface area (Å²) in [5.74, 6) is -0.579. The lowest BCUT2D eigenvalue weighted by Crippen LogP contribution is -2.31. The topological polar surface area (TPSA) is 77.2 Å². The van der Waals surface area contributed by atoms with Crippen LogP contribution in [-0.4, -0.2) is 30.5 Å². The highest BCUT2D eigenvalue weighted by Gasteiger charge is 2.32. The molecular weight excluding hydrogens is 256 g/mol. The van der Waals surface area contributed by atoms with E-state index in [9.17, 15) is 13.6 Å². The first-order valence-electron chi connectivity index (χ1n) is 5.91. The quantitative estimate of drug-likeness (QED) is 0.815. The number of nitrogens with two attached hydrogens (primary N) is 1. The zero-order valence-electron chi connectivity index (χ0n) is 10.4. The Bertz CT molecular complexity index is 482. The molecule has 1 fully saturated rings. The lowest BCUT2D eigenvalue weighted by atomic mass is 10.0. The van der Waals surface area contributed by atoms with E-state index in [-0.39, 0.29) is 11.7 Å². The molecule has 0 bridgehead atoms. The third-order valence-corrected chi connectivity index (χ3v) is 3.22. The van der Waals surface area contributed by atoms with Crippen molar-refractivity contribution in [3.05, 3.63) is 23.5 Å². The first-order valence-corrected chi connectivity index (χ1v) is 5.91. The summed E-state index contributed by atoms with van der Waals surface area (Å²) >= 11 is 0. The van der Waals surface area contributed by atoms with Crippen LogP contribution in [0.3, 0.4) is 0 Å². The Kier molecular flexibility index (Phi) is 3.94. The Labute approximate surface area is 109 Å². The lowest BCUT2D eigenvalue weighted by molar-refractivity contribution is 0.0593. The van der Waals surface area contributed by atoms with Gasteiger partial charge < -0.3 is 15.8 Å². The molecule has 1 saturated heterocycles. The highest BCUT2D eigenvalue weighted by Crippen LogP contribution is 2.32. The van der Waals surface area contributed by atoms with E-state index in [4.69, 9.17) is 5.73 Å². The van der Waals surface area contributed by atoms with Crippen LogP contribution in [0.2, 0.25) is 0 Å². The van der Waals surface area contributed by atoms with Crippen molar-refractivity contribution >= 4 is 11.7 Å². The Hall–Kier alpha value is -1.76. The molecule has 0 amide bonds. The Morgan fingerprint density at radius 2 is 2.32 bits per heavy atom. The van der Waals surface area contributed by atoms with Crippen LogP contribution in [0, 0.1) is 0 Å². The largest absolute Gasteiger partial charge is 0.464 e. The molecule has 2 heterocycles. The Balaban J connectivity index is 2.22. The van der Waals surface area contributed by atoms with Crippen LogP contribution in [0.5, 0.6) is 0 Å². The zero-order chi connectivity index (χ0) is 14.0. The first-order chi connectivity index (χ1) is 9.02. The minimum atomic E-state index is -2.41. The molecule has 1 aliphatic rings. The van der Waals surface area contributed by atoms with E-state index in [2.05, 4.69) is 15.0 Å². The molecular formula is C12H15F2N3O2. The van der Waals surface area contributed by atoms with Gasteiger partial charge in [-0.2, -0.15) is 0 Å². The fraction of sp³-hybridized carbons (Fsp3) is 0.500. The molecule has 7 heteroatoms. The van der Waals surface area contributed by atoms with Gasteiger partial charge in [0, 0.05) is 6.04 Å². The van der Waals surface area contributed by atoms with Crippen LogP contribution in [0.25, 0.3) is 0 Å². The molecule has 1 aliphatic heterocycles. The van der Waals surface area contributed by atoms with Gasteiger partial charge in [-0.1, -0.05) is 0 Å². The van der Waals surface area contributed by atoms with Gasteiger partial charge in [0.1, 0.15) is 5.69 Å². The van der Waals surface area contributed by atoms with E-state index in [1.54, 1.807) is 0 Å². The van der Waals surface area contributed by atoms with E-state index >= 15 is 0 Å². The normalized spacial score (nSPS) is 22.7. The molecule has 0 radical (unpaired) electrons. The van der Waals surface area contributed by atoms with Crippen LogP contribution in [-0.2, 0) is 4.74 Å². The first kappa shape index (κ1) is 13.7. The minimum absolute atomic E-state index is 0.119. The SMILES string of the molecule is COC(=O)c1cc([C@H]2CC[C@@H](C(F)F)N2)c(N)cn1.